The van der Waals surface area contributed by atoms with Crippen molar-refractivity contribution in [2.24, 2.45) is 0 Å². The lowest BCUT2D eigenvalue weighted by Crippen LogP contribution is -2.34. The van der Waals surface area contributed by atoms with E-state index in [2.05, 4.69) is 5.32 Å². The van der Waals surface area contributed by atoms with Gasteiger partial charge in [0.25, 0.3) is 0 Å². The Morgan fingerprint density at radius 2 is 1.29 bits per heavy atom. The van der Waals surface area contributed by atoms with Gasteiger partial charge in [0.2, 0.25) is 0 Å². The van der Waals surface area contributed by atoms with E-state index in [1.165, 1.54) is 29.2 Å². The highest BCUT2D eigenvalue weighted by Crippen LogP contribution is 2.25. The van der Waals surface area contributed by atoms with E-state index in [4.69, 9.17) is 23.2 Å². The van der Waals surface area contributed by atoms with E-state index in [0.717, 1.165) is 11.1 Å². The maximum atomic E-state index is 13.2. The summed E-state index contributed by atoms with van der Waals surface area (Å²) in [6, 6.07) is 16.2. The van der Waals surface area contributed by atoms with Crippen LogP contribution in [0.4, 0.5) is 19.3 Å². The summed E-state index contributed by atoms with van der Waals surface area (Å²) in [6.07, 6.45) is 0. The molecule has 0 aliphatic carbocycles. The molecule has 0 radical (unpaired) electrons. The van der Waals surface area contributed by atoms with E-state index in [1.807, 2.05) is 0 Å². The summed E-state index contributed by atoms with van der Waals surface area (Å²) in [5.41, 5.74) is 2.00. The second-order valence-corrected chi connectivity index (χ2v) is 6.98. The van der Waals surface area contributed by atoms with Crippen LogP contribution in [-0.2, 0) is 13.1 Å². The van der Waals surface area contributed by atoms with Crippen LogP contribution in [0.5, 0.6) is 0 Å². The summed E-state index contributed by atoms with van der Waals surface area (Å²) in [5.74, 6) is -0.705. The van der Waals surface area contributed by atoms with Gasteiger partial charge in [-0.05, 0) is 53.6 Å². The summed E-state index contributed by atoms with van der Waals surface area (Å²) in [6.45, 7) is 0.482. The molecule has 3 aromatic rings. The van der Waals surface area contributed by atoms with Crippen molar-refractivity contribution in [3.63, 3.8) is 0 Å². The van der Waals surface area contributed by atoms with Gasteiger partial charge in [0.1, 0.15) is 11.6 Å². The summed E-state index contributed by atoms with van der Waals surface area (Å²) in [5, 5.41) is 3.47. The van der Waals surface area contributed by atoms with Gasteiger partial charge in [-0.25, -0.2) is 13.6 Å². The number of nitrogens with one attached hydrogen (secondary N) is 1. The highest BCUT2D eigenvalue weighted by atomic mass is 35.5. The molecule has 0 saturated heterocycles. The lowest BCUT2D eigenvalue weighted by atomic mass is 10.1. The Morgan fingerprint density at radius 3 is 1.75 bits per heavy atom. The molecular formula is C21H16Cl2F2N2O. The average molecular weight is 421 g/mol. The van der Waals surface area contributed by atoms with Gasteiger partial charge in [0.05, 0.1) is 10.0 Å². The first-order valence-electron chi connectivity index (χ1n) is 8.40. The molecule has 7 heteroatoms. The minimum absolute atomic E-state index is 0.241. The van der Waals surface area contributed by atoms with Gasteiger partial charge in [-0.2, -0.15) is 0 Å². The van der Waals surface area contributed by atoms with Crippen LogP contribution in [0, 0.1) is 11.6 Å². The van der Waals surface area contributed by atoms with E-state index in [9.17, 15) is 13.6 Å². The lowest BCUT2D eigenvalue weighted by Gasteiger charge is -2.23. The van der Waals surface area contributed by atoms with Gasteiger partial charge >= 0.3 is 6.03 Å². The topological polar surface area (TPSA) is 32.3 Å². The number of hydrogen-bond acceptors (Lipinski definition) is 1. The average Bonchev–Trinajstić information content (AvgIpc) is 2.67. The Bertz CT molecular complexity index is 916. The molecule has 0 bridgehead atoms. The molecule has 0 fully saturated rings. The summed E-state index contributed by atoms with van der Waals surface area (Å²) in [4.78, 5) is 14.4. The second kappa shape index (κ2) is 9.04. The van der Waals surface area contributed by atoms with Gasteiger partial charge in [-0.1, -0.05) is 47.5 Å². The van der Waals surface area contributed by atoms with Crippen LogP contribution < -0.4 is 5.32 Å². The van der Waals surface area contributed by atoms with Crippen LogP contribution in [-0.4, -0.2) is 10.9 Å². The van der Waals surface area contributed by atoms with Crippen LogP contribution in [0.2, 0.25) is 10.0 Å². The molecule has 1 N–H and O–H groups in total. The number of halogens is 4. The zero-order chi connectivity index (χ0) is 20.1. The quantitative estimate of drug-likeness (QED) is 0.501. The molecule has 0 aromatic heterocycles. The van der Waals surface area contributed by atoms with E-state index in [-0.39, 0.29) is 30.8 Å². The van der Waals surface area contributed by atoms with Crippen molar-refractivity contribution in [1.29, 1.82) is 0 Å². The monoisotopic (exact) mass is 420 g/mol. The standard InChI is InChI=1S/C21H16Cl2F2N2O/c22-19-10-9-18(11-20(19)23)26-21(28)27(12-14-1-5-16(24)6-2-14)13-15-3-7-17(25)8-4-15/h1-11H,12-13H2,(H,26,28). The van der Waals surface area contributed by atoms with Gasteiger partial charge in [0.15, 0.2) is 0 Å². The molecule has 0 saturated carbocycles. The first kappa shape index (κ1) is 20.1. The second-order valence-electron chi connectivity index (χ2n) is 6.17. The summed E-state index contributed by atoms with van der Waals surface area (Å²) in [7, 11) is 0. The molecule has 0 aliphatic rings. The SMILES string of the molecule is O=C(Nc1ccc(Cl)c(Cl)c1)N(Cc1ccc(F)cc1)Cc1ccc(F)cc1. The summed E-state index contributed by atoms with van der Waals surface area (Å²) >= 11 is 11.9. The maximum Gasteiger partial charge on any atom is 0.322 e. The number of urea groups is 1. The fraction of sp³-hybridized carbons (Fsp3) is 0.0952. The molecule has 0 atom stereocenters. The zero-order valence-corrected chi connectivity index (χ0v) is 16.1. The van der Waals surface area contributed by atoms with Crippen molar-refractivity contribution in [2.75, 3.05) is 5.32 Å². The Hall–Kier alpha value is -2.63. The van der Waals surface area contributed by atoms with Crippen molar-refractivity contribution in [2.45, 2.75) is 13.1 Å². The van der Waals surface area contributed by atoms with Crippen LogP contribution in [0.15, 0.2) is 66.7 Å². The molecule has 0 spiro atoms. The Labute approximate surface area is 171 Å². The number of hydrogen-bond donors (Lipinski definition) is 1. The zero-order valence-electron chi connectivity index (χ0n) is 14.6. The third-order valence-corrected chi connectivity index (χ3v) is 4.77. The van der Waals surface area contributed by atoms with Gasteiger partial charge in [0, 0.05) is 18.8 Å². The number of rotatable bonds is 5. The first-order chi connectivity index (χ1) is 13.4. The minimum atomic E-state index is -0.382. The lowest BCUT2D eigenvalue weighted by molar-refractivity contribution is 0.206. The summed E-state index contributed by atoms with van der Waals surface area (Å²) < 4.78 is 26.3. The smallest absolute Gasteiger partial charge is 0.316 e. The van der Waals surface area contributed by atoms with Gasteiger partial charge in [-0.15, -0.1) is 0 Å². The molecule has 28 heavy (non-hydrogen) atoms. The highest BCUT2D eigenvalue weighted by molar-refractivity contribution is 6.42. The third-order valence-electron chi connectivity index (χ3n) is 4.03. The third kappa shape index (κ3) is 5.44. The largest absolute Gasteiger partial charge is 0.322 e. The van der Waals surface area contributed by atoms with Crippen LogP contribution >= 0.6 is 23.2 Å². The van der Waals surface area contributed by atoms with Gasteiger partial charge in [-0.3, -0.25) is 0 Å². The number of anilines is 1. The molecule has 0 unspecified atom stereocenters. The fourth-order valence-corrected chi connectivity index (χ4v) is 2.89. The van der Waals surface area contributed by atoms with Crippen LogP contribution in [0.3, 0.4) is 0 Å². The van der Waals surface area contributed by atoms with Crippen LogP contribution in [0.25, 0.3) is 0 Å². The van der Waals surface area contributed by atoms with E-state index >= 15 is 0 Å². The number of carbonyl (C=O) groups is 1. The molecule has 3 aromatic carbocycles. The number of amides is 2. The number of benzene rings is 3. The minimum Gasteiger partial charge on any atom is -0.316 e. The first-order valence-corrected chi connectivity index (χ1v) is 9.16. The van der Waals surface area contributed by atoms with E-state index < -0.39 is 0 Å². The van der Waals surface area contributed by atoms with E-state index in [0.29, 0.717) is 15.7 Å². The van der Waals surface area contributed by atoms with E-state index in [1.54, 1.807) is 42.5 Å². The maximum absolute atomic E-state index is 13.2. The molecule has 0 heterocycles. The van der Waals surface area contributed by atoms with Crippen molar-refractivity contribution in [3.05, 3.63) is 99.5 Å². The highest BCUT2D eigenvalue weighted by Gasteiger charge is 2.16. The normalized spacial score (nSPS) is 10.6. The predicted molar refractivity (Wildman–Crippen MR) is 108 cm³/mol. The predicted octanol–water partition coefficient (Wildman–Crippen LogP) is 6.51. The number of nitrogens with zero attached hydrogens (tertiary/aromatic N) is 1. The Balaban J connectivity index is 1.80. The van der Waals surface area contributed by atoms with Crippen molar-refractivity contribution in [1.82, 2.24) is 4.90 Å². The Kier molecular flexibility index (Phi) is 6.49. The van der Waals surface area contributed by atoms with Crippen molar-refractivity contribution >= 4 is 34.9 Å². The van der Waals surface area contributed by atoms with Gasteiger partial charge < -0.3 is 10.2 Å². The molecule has 0 aliphatic heterocycles. The Morgan fingerprint density at radius 1 is 0.786 bits per heavy atom. The number of carbonyl (C=O) groups excluding carboxylic acids is 1. The molecule has 144 valence electrons. The van der Waals surface area contributed by atoms with Crippen LogP contribution in [0.1, 0.15) is 11.1 Å². The molecule has 2 amide bonds. The molecular weight excluding hydrogens is 405 g/mol. The van der Waals surface area contributed by atoms with Crippen molar-refractivity contribution in [3.8, 4) is 0 Å². The molecule has 3 nitrogen and oxygen atoms in total. The molecule has 3 rings (SSSR count). The fourth-order valence-electron chi connectivity index (χ4n) is 2.60. The van der Waals surface area contributed by atoms with Crippen molar-refractivity contribution < 1.29 is 13.6 Å².